The van der Waals surface area contributed by atoms with E-state index in [9.17, 15) is 9.18 Å². The van der Waals surface area contributed by atoms with E-state index in [-0.39, 0.29) is 30.1 Å². The Labute approximate surface area is 186 Å². The molecule has 1 aromatic heterocycles. The minimum absolute atomic E-state index is 0.139. The lowest BCUT2D eigenvalue weighted by Gasteiger charge is -2.19. The molecule has 166 valence electrons. The van der Waals surface area contributed by atoms with Crippen LogP contribution >= 0.6 is 0 Å². The summed E-state index contributed by atoms with van der Waals surface area (Å²) in [6.07, 6.45) is 3.65. The minimum atomic E-state index is -0.413. The molecule has 2 aliphatic rings. The Morgan fingerprint density at radius 3 is 2.78 bits per heavy atom. The van der Waals surface area contributed by atoms with Crippen LogP contribution < -0.4 is 15.1 Å². The summed E-state index contributed by atoms with van der Waals surface area (Å²) < 4.78 is 20.6. The molecule has 1 aliphatic heterocycles. The van der Waals surface area contributed by atoms with Crippen molar-refractivity contribution in [2.75, 3.05) is 18.0 Å². The number of benzene rings is 2. The fraction of sp³-hybridized carbons (Fsp3) is 0.360. The van der Waals surface area contributed by atoms with Gasteiger partial charge in [-0.25, -0.2) is 14.9 Å². The fourth-order valence-corrected chi connectivity index (χ4v) is 4.58. The van der Waals surface area contributed by atoms with Gasteiger partial charge in [0.15, 0.2) is 11.6 Å². The lowest BCUT2D eigenvalue weighted by Crippen LogP contribution is -2.21. The number of anilines is 1. The quantitative estimate of drug-likeness (QED) is 0.429. The zero-order valence-electron chi connectivity index (χ0n) is 17.8. The van der Waals surface area contributed by atoms with Gasteiger partial charge in [0.05, 0.1) is 5.52 Å². The molecule has 0 bridgehead atoms. The largest absolute Gasteiger partial charge is 0.486 e. The number of para-hydroxylation sites is 1. The normalized spacial score (nSPS) is 19.9. The van der Waals surface area contributed by atoms with Gasteiger partial charge in [0.2, 0.25) is 5.91 Å². The van der Waals surface area contributed by atoms with E-state index in [1.165, 1.54) is 18.9 Å². The molecule has 1 amide bonds. The zero-order valence-corrected chi connectivity index (χ0v) is 17.8. The molecule has 2 heterocycles. The molecule has 0 radical (unpaired) electrons. The maximum Gasteiger partial charge on any atom is 0.246 e. The van der Waals surface area contributed by atoms with E-state index in [1.54, 1.807) is 11.5 Å². The van der Waals surface area contributed by atoms with Crippen LogP contribution in [-0.4, -0.2) is 29.2 Å². The van der Waals surface area contributed by atoms with Crippen molar-refractivity contribution < 1.29 is 19.1 Å². The maximum absolute atomic E-state index is 14.7. The Morgan fingerprint density at radius 2 is 2.00 bits per heavy atom. The van der Waals surface area contributed by atoms with Crippen LogP contribution in [0.15, 0.2) is 48.5 Å². The van der Waals surface area contributed by atoms with Crippen LogP contribution in [0.1, 0.15) is 30.4 Å². The summed E-state index contributed by atoms with van der Waals surface area (Å²) in [4.78, 5) is 18.6. The third-order valence-corrected chi connectivity index (χ3v) is 6.47. The lowest BCUT2D eigenvalue weighted by molar-refractivity contribution is -0.130. The number of aromatic nitrogens is 1. The van der Waals surface area contributed by atoms with E-state index in [1.807, 2.05) is 30.3 Å². The molecule has 7 heteroatoms. The highest BCUT2D eigenvalue weighted by molar-refractivity contribution is 5.84. The van der Waals surface area contributed by atoms with Crippen molar-refractivity contribution in [2.45, 2.75) is 32.3 Å². The summed E-state index contributed by atoms with van der Waals surface area (Å²) >= 11 is 0. The standard InChI is InChI=1S/C25H26FN3O3/c26-21-12-16(11-17-13-20(17)25(30)28-31)7-8-23(21)32-15-18-14-24(29-9-3-4-10-29)27-22-6-2-1-5-19(18)22/h1-2,5-8,12,14,17,20,31H,3-4,9-11,13,15H2,(H,28,30). The summed E-state index contributed by atoms with van der Waals surface area (Å²) in [5, 5.41) is 9.73. The highest BCUT2D eigenvalue weighted by Crippen LogP contribution is 2.41. The van der Waals surface area contributed by atoms with Crippen molar-refractivity contribution in [3.8, 4) is 5.75 Å². The van der Waals surface area contributed by atoms with Gasteiger partial charge >= 0.3 is 0 Å². The topological polar surface area (TPSA) is 74.7 Å². The monoisotopic (exact) mass is 435 g/mol. The van der Waals surface area contributed by atoms with Gasteiger partial charge in [0.1, 0.15) is 12.4 Å². The van der Waals surface area contributed by atoms with Crippen LogP contribution in [0.2, 0.25) is 0 Å². The number of rotatable bonds is 7. The molecule has 3 aromatic rings. The Hall–Kier alpha value is -3.19. The third kappa shape index (κ3) is 4.25. The molecule has 1 saturated carbocycles. The van der Waals surface area contributed by atoms with Gasteiger partial charge in [0, 0.05) is 30.0 Å². The summed E-state index contributed by atoms with van der Waals surface area (Å²) in [5.41, 5.74) is 4.40. The first kappa shape index (κ1) is 20.7. The highest BCUT2D eigenvalue weighted by atomic mass is 19.1. The van der Waals surface area contributed by atoms with Crippen molar-refractivity contribution in [1.82, 2.24) is 10.5 Å². The Kier molecular flexibility index (Phi) is 5.66. The SMILES string of the molecule is O=C(NO)C1CC1Cc1ccc(OCc2cc(N3CCCC3)nc3ccccc23)c(F)c1. The Morgan fingerprint density at radius 1 is 1.19 bits per heavy atom. The summed E-state index contributed by atoms with van der Waals surface area (Å²) in [6, 6.07) is 15.0. The fourth-order valence-electron chi connectivity index (χ4n) is 4.58. The van der Waals surface area contributed by atoms with Gasteiger partial charge < -0.3 is 9.64 Å². The predicted molar refractivity (Wildman–Crippen MR) is 119 cm³/mol. The first-order valence-electron chi connectivity index (χ1n) is 11.1. The molecular weight excluding hydrogens is 409 g/mol. The van der Waals surface area contributed by atoms with Crippen LogP contribution in [-0.2, 0) is 17.8 Å². The van der Waals surface area contributed by atoms with E-state index in [0.29, 0.717) is 12.8 Å². The van der Waals surface area contributed by atoms with E-state index in [4.69, 9.17) is 14.9 Å². The van der Waals surface area contributed by atoms with Gasteiger partial charge in [-0.3, -0.25) is 10.0 Å². The minimum Gasteiger partial charge on any atom is -0.486 e. The number of amides is 1. The summed E-state index contributed by atoms with van der Waals surface area (Å²) in [6.45, 7) is 2.26. The molecule has 5 rings (SSSR count). The smallest absolute Gasteiger partial charge is 0.246 e. The van der Waals surface area contributed by atoms with Gasteiger partial charge in [-0.1, -0.05) is 24.3 Å². The van der Waals surface area contributed by atoms with Crippen molar-refractivity contribution in [3.05, 3.63) is 65.5 Å². The first-order chi connectivity index (χ1) is 15.6. The number of ether oxygens (including phenoxy) is 1. The molecule has 1 aliphatic carbocycles. The van der Waals surface area contributed by atoms with Crippen molar-refractivity contribution in [1.29, 1.82) is 0 Å². The molecule has 0 spiro atoms. The second kappa shape index (κ2) is 8.74. The molecule has 6 nitrogen and oxygen atoms in total. The van der Waals surface area contributed by atoms with Crippen LogP contribution in [0.25, 0.3) is 10.9 Å². The third-order valence-electron chi connectivity index (χ3n) is 6.47. The number of halogens is 1. The first-order valence-corrected chi connectivity index (χ1v) is 11.1. The number of hydrogen-bond acceptors (Lipinski definition) is 5. The molecule has 2 N–H and O–H groups in total. The van der Waals surface area contributed by atoms with E-state index in [0.717, 1.165) is 40.9 Å². The van der Waals surface area contributed by atoms with Gasteiger partial charge in [-0.15, -0.1) is 0 Å². The number of nitrogens with one attached hydrogen (secondary N) is 1. The number of hydrogen-bond donors (Lipinski definition) is 2. The average molecular weight is 435 g/mol. The van der Waals surface area contributed by atoms with E-state index < -0.39 is 5.82 Å². The van der Waals surface area contributed by atoms with E-state index >= 15 is 0 Å². The number of fused-ring (bicyclic) bond motifs is 1. The highest BCUT2D eigenvalue weighted by Gasteiger charge is 2.42. The molecule has 2 unspecified atom stereocenters. The summed E-state index contributed by atoms with van der Waals surface area (Å²) in [7, 11) is 0. The van der Waals surface area contributed by atoms with Crippen LogP contribution in [0.3, 0.4) is 0 Å². The van der Waals surface area contributed by atoms with Gasteiger partial charge in [-0.2, -0.15) is 0 Å². The number of carbonyl (C=O) groups is 1. The zero-order chi connectivity index (χ0) is 22.1. The molecule has 32 heavy (non-hydrogen) atoms. The molecule has 2 aromatic carbocycles. The number of pyridine rings is 1. The predicted octanol–water partition coefficient (Wildman–Crippen LogP) is 4.24. The van der Waals surface area contributed by atoms with Gasteiger partial charge in [-0.05, 0) is 61.4 Å². The van der Waals surface area contributed by atoms with Gasteiger partial charge in [0.25, 0.3) is 0 Å². The van der Waals surface area contributed by atoms with Crippen LogP contribution in [0.4, 0.5) is 10.2 Å². The maximum atomic E-state index is 14.7. The average Bonchev–Trinajstić information content (AvgIpc) is 3.35. The lowest BCUT2D eigenvalue weighted by atomic mass is 10.1. The second-order valence-electron chi connectivity index (χ2n) is 8.69. The van der Waals surface area contributed by atoms with Crippen LogP contribution in [0.5, 0.6) is 5.75 Å². The molecule has 2 atom stereocenters. The Balaban J connectivity index is 1.30. The number of nitrogens with zero attached hydrogens (tertiary/aromatic N) is 2. The van der Waals surface area contributed by atoms with Crippen LogP contribution in [0, 0.1) is 17.7 Å². The molecular formula is C25H26FN3O3. The number of carbonyl (C=O) groups excluding carboxylic acids is 1. The van der Waals surface area contributed by atoms with E-state index in [2.05, 4.69) is 11.0 Å². The van der Waals surface area contributed by atoms with Crippen molar-refractivity contribution >= 4 is 22.6 Å². The Bertz CT molecular complexity index is 1150. The second-order valence-corrected chi connectivity index (χ2v) is 8.69. The molecule has 2 fully saturated rings. The molecule has 1 saturated heterocycles. The van der Waals surface area contributed by atoms with Crippen molar-refractivity contribution in [3.63, 3.8) is 0 Å². The number of hydroxylamine groups is 1. The van der Waals surface area contributed by atoms with Crippen molar-refractivity contribution in [2.24, 2.45) is 11.8 Å². The summed E-state index contributed by atoms with van der Waals surface area (Å²) in [5.74, 6) is 0.321.